The van der Waals surface area contributed by atoms with Gasteiger partial charge in [-0.25, -0.2) is 0 Å². The van der Waals surface area contributed by atoms with Crippen molar-refractivity contribution in [2.75, 3.05) is 0 Å². The molecule has 0 saturated heterocycles. The van der Waals surface area contributed by atoms with Crippen molar-refractivity contribution >= 4 is 17.4 Å². The molecule has 0 radical (unpaired) electrons. The Hall–Kier alpha value is -2.51. The number of benzene rings is 2. The fourth-order valence-corrected chi connectivity index (χ4v) is 3.29. The summed E-state index contributed by atoms with van der Waals surface area (Å²) in [6.45, 7) is 1.55. The molecule has 0 amide bonds. The number of rotatable bonds is 5. The topological polar surface area (TPSA) is 59.3 Å². The Bertz CT molecular complexity index is 818. The maximum atomic E-state index is 11.3. The van der Waals surface area contributed by atoms with Gasteiger partial charge in [0, 0.05) is 11.6 Å². The van der Waals surface area contributed by atoms with Crippen LogP contribution in [0.3, 0.4) is 0 Å². The number of carbonyl (C=O) groups excluding carboxylic acids is 1. The predicted octanol–water partition coefficient (Wildman–Crippen LogP) is 5.18. The van der Waals surface area contributed by atoms with Crippen LogP contribution in [0.5, 0.6) is 11.5 Å². The number of hydrogen-bond donors (Lipinski definition) is 0. The van der Waals surface area contributed by atoms with Crippen LogP contribution < -0.4 is 9.47 Å². The summed E-state index contributed by atoms with van der Waals surface area (Å²) in [5.41, 5.74) is 1.14. The fourth-order valence-electron chi connectivity index (χ4n) is 3.08. The van der Waals surface area contributed by atoms with E-state index < -0.39 is 0 Å². The smallest absolute Gasteiger partial charge is 0.159 e. The zero-order chi connectivity index (χ0) is 18.5. The average Bonchev–Trinajstić information content (AvgIpc) is 2.64. The van der Waals surface area contributed by atoms with Crippen molar-refractivity contribution in [1.82, 2.24) is 0 Å². The van der Waals surface area contributed by atoms with E-state index in [1.807, 2.05) is 18.2 Å². The fraction of sp³-hybridized carbons (Fsp3) is 0.333. The number of Topliss-reactive ketones (excluding diaryl/α,β-unsaturated/α-hetero) is 1. The molecule has 0 atom stereocenters. The largest absolute Gasteiger partial charge is 0.490 e. The minimum atomic E-state index is 0.0529. The first-order valence-corrected chi connectivity index (χ1v) is 9.07. The number of hydrogen-bond acceptors (Lipinski definition) is 4. The number of ketones is 1. The van der Waals surface area contributed by atoms with Gasteiger partial charge >= 0.3 is 0 Å². The standard InChI is InChI=1S/C21H20ClNO3/c1-14(24)15-2-5-17(6-3-15)25-18-8-10-19(11-9-18)26-20-7-4-16(13-23)21(22)12-20/h2-7,12,18-19H,8-11H2,1H3. The maximum absolute atomic E-state index is 11.3. The molecule has 1 saturated carbocycles. The van der Waals surface area contributed by atoms with Gasteiger partial charge in [0.2, 0.25) is 0 Å². The molecule has 2 aromatic rings. The van der Waals surface area contributed by atoms with Crippen molar-refractivity contribution in [2.45, 2.75) is 44.8 Å². The predicted molar refractivity (Wildman–Crippen MR) is 99.9 cm³/mol. The number of halogens is 1. The van der Waals surface area contributed by atoms with Crippen molar-refractivity contribution in [3.8, 4) is 17.6 Å². The van der Waals surface area contributed by atoms with Crippen LogP contribution in [0.2, 0.25) is 5.02 Å². The molecule has 4 nitrogen and oxygen atoms in total. The molecule has 134 valence electrons. The van der Waals surface area contributed by atoms with Gasteiger partial charge in [0.15, 0.2) is 5.78 Å². The van der Waals surface area contributed by atoms with Gasteiger partial charge in [-0.2, -0.15) is 5.26 Å². The molecule has 3 rings (SSSR count). The zero-order valence-corrected chi connectivity index (χ0v) is 15.3. The summed E-state index contributed by atoms with van der Waals surface area (Å²) >= 11 is 6.05. The molecular weight excluding hydrogens is 350 g/mol. The second-order valence-corrected chi connectivity index (χ2v) is 6.88. The van der Waals surface area contributed by atoms with Gasteiger partial charge in [0.1, 0.15) is 17.6 Å². The van der Waals surface area contributed by atoms with Gasteiger partial charge in [0.05, 0.1) is 22.8 Å². The summed E-state index contributed by atoms with van der Waals surface area (Å²) in [4.78, 5) is 11.3. The summed E-state index contributed by atoms with van der Waals surface area (Å²) in [6, 6.07) is 14.5. The molecule has 5 heteroatoms. The number of nitriles is 1. The van der Waals surface area contributed by atoms with E-state index in [9.17, 15) is 4.79 Å². The van der Waals surface area contributed by atoms with Crippen LogP contribution in [0, 0.1) is 11.3 Å². The first kappa shape index (κ1) is 18.3. The first-order valence-electron chi connectivity index (χ1n) is 8.69. The molecular formula is C21H20ClNO3. The lowest BCUT2D eigenvalue weighted by Crippen LogP contribution is -2.30. The quantitative estimate of drug-likeness (QED) is 0.681. The van der Waals surface area contributed by atoms with E-state index in [0.29, 0.717) is 21.9 Å². The van der Waals surface area contributed by atoms with Gasteiger partial charge < -0.3 is 9.47 Å². The highest BCUT2D eigenvalue weighted by molar-refractivity contribution is 6.31. The van der Waals surface area contributed by atoms with Crippen LogP contribution >= 0.6 is 11.6 Å². The zero-order valence-electron chi connectivity index (χ0n) is 14.6. The third kappa shape index (κ3) is 4.56. The Balaban J connectivity index is 1.50. The Morgan fingerprint density at radius 2 is 1.54 bits per heavy atom. The highest BCUT2D eigenvalue weighted by Crippen LogP contribution is 2.29. The Labute approximate surface area is 158 Å². The number of ether oxygens (including phenoxy) is 2. The van der Waals surface area contributed by atoms with E-state index in [-0.39, 0.29) is 18.0 Å². The number of carbonyl (C=O) groups is 1. The van der Waals surface area contributed by atoms with Crippen molar-refractivity contribution in [3.05, 3.63) is 58.6 Å². The van der Waals surface area contributed by atoms with Crippen LogP contribution in [0.25, 0.3) is 0 Å². The van der Waals surface area contributed by atoms with Gasteiger partial charge in [-0.15, -0.1) is 0 Å². The molecule has 0 heterocycles. The van der Waals surface area contributed by atoms with E-state index >= 15 is 0 Å². The van der Waals surface area contributed by atoms with Gasteiger partial charge in [-0.3, -0.25) is 4.79 Å². The second-order valence-electron chi connectivity index (χ2n) is 6.47. The molecule has 0 bridgehead atoms. The average molecular weight is 370 g/mol. The minimum absolute atomic E-state index is 0.0529. The second kappa shape index (κ2) is 8.25. The first-order chi connectivity index (χ1) is 12.5. The summed E-state index contributed by atoms with van der Waals surface area (Å²) in [6.07, 6.45) is 3.88. The molecule has 1 aliphatic rings. The summed E-state index contributed by atoms with van der Waals surface area (Å²) in [7, 11) is 0. The van der Waals surface area contributed by atoms with E-state index in [1.54, 1.807) is 37.3 Å². The van der Waals surface area contributed by atoms with Crippen molar-refractivity contribution in [3.63, 3.8) is 0 Å². The lowest BCUT2D eigenvalue weighted by Gasteiger charge is -2.29. The van der Waals surface area contributed by atoms with Gasteiger partial charge in [0.25, 0.3) is 0 Å². The highest BCUT2D eigenvalue weighted by Gasteiger charge is 2.24. The SMILES string of the molecule is CC(=O)c1ccc(OC2CCC(Oc3ccc(C#N)c(Cl)c3)CC2)cc1. The van der Waals surface area contributed by atoms with E-state index in [2.05, 4.69) is 0 Å². The van der Waals surface area contributed by atoms with Crippen molar-refractivity contribution in [2.24, 2.45) is 0 Å². The minimum Gasteiger partial charge on any atom is -0.490 e. The summed E-state index contributed by atoms with van der Waals surface area (Å²) in [5.74, 6) is 1.54. The molecule has 0 unspecified atom stereocenters. The van der Waals surface area contributed by atoms with Gasteiger partial charge in [-0.05, 0) is 69.0 Å². The Morgan fingerprint density at radius 3 is 2.04 bits per heavy atom. The summed E-state index contributed by atoms with van der Waals surface area (Å²) < 4.78 is 12.0. The molecule has 2 aromatic carbocycles. The molecule has 0 aliphatic heterocycles. The van der Waals surface area contributed by atoms with Crippen LogP contribution in [0.4, 0.5) is 0 Å². The van der Waals surface area contributed by atoms with Crippen molar-refractivity contribution in [1.29, 1.82) is 5.26 Å². The third-order valence-electron chi connectivity index (χ3n) is 4.55. The van der Waals surface area contributed by atoms with E-state index in [1.165, 1.54) is 0 Å². The van der Waals surface area contributed by atoms with E-state index in [4.69, 9.17) is 26.3 Å². The lowest BCUT2D eigenvalue weighted by atomic mass is 9.95. The number of nitrogens with zero attached hydrogens (tertiary/aromatic N) is 1. The van der Waals surface area contributed by atoms with Crippen LogP contribution in [0.1, 0.15) is 48.5 Å². The molecule has 26 heavy (non-hydrogen) atoms. The highest BCUT2D eigenvalue weighted by atomic mass is 35.5. The monoisotopic (exact) mass is 369 g/mol. The third-order valence-corrected chi connectivity index (χ3v) is 4.86. The Kier molecular flexibility index (Phi) is 5.80. The molecule has 0 spiro atoms. The van der Waals surface area contributed by atoms with Crippen LogP contribution in [0.15, 0.2) is 42.5 Å². The summed E-state index contributed by atoms with van der Waals surface area (Å²) in [5, 5.41) is 9.33. The maximum Gasteiger partial charge on any atom is 0.159 e. The van der Waals surface area contributed by atoms with Gasteiger partial charge in [-0.1, -0.05) is 11.6 Å². The lowest BCUT2D eigenvalue weighted by molar-refractivity contribution is 0.0806. The molecule has 0 N–H and O–H groups in total. The van der Waals surface area contributed by atoms with Crippen molar-refractivity contribution < 1.29 is 14.3 Å². The van der Waals surface area contributed by atoms with Crippen LogP contribution in [-0.2, 0) is 0 Å². The molecule has 1 fully saturated rings. The Morgan fingerprint density at radius 1 is 1.00 bits per heavy atom. The van der Waals surface area contributed by atoms with E-state index in [0.717, 1.165) is 31.4 Å². The molecule has 0 aromatic heterocycles. The normalized spacial score (nSPS) is 19.4. The molecule has 1 aliphatic carbocycles. The van der Waals surface area contributed by atoms with Crippen LogP contribution in [-0.4, -0.2) is 18.0 Å².